The van der Waals surface area contributed by atoms with E-state index in [1.165, 1.54) is 4.88 Å². The molecule has 0 radical (unpaired) electrons. The molecule has 0 bridgehead atoms. The molecule has 2 saturated heterocycles. The quantitative estimate of drug-likeness (QED) is 0.914. The van der Waals surface area contributed by atoms with Gasteiger partial charge in [-0.1, -0.05) is 0 Å². The predicted octanol–water partition coefficient (Wildman–Crippen LogP) is 1.42. The summed E-state index contributed by atoms with van der Waals surface area (Å²) in [6, 6.07) is 0.172. The largest absolute Gasteiger partial charge is 0.380 e. The van der Waals surface area contributed by atoms with Gasteiger partial charge < -0.3 is 10.1 Å². The van der Waals surface area contributed by atoms with E-state index >= 15 is 0 Å². The van der Waals surface area contributed by atoms with Crippen LogP contribution in [0.1, 0.15) is 24.4 Å². The van der Waals surface area contributed by atoms with Crippen molar-refractivity contribution in [1.29, 1.82) is 0 Å². The third kappa shape index (κ3) is 2.72. The second-order valence-electron chi connectivity index (χ2n) is 6.53. The molecule has 1 aromatic rings. The number of nitrogens with zero attached hydrogens (tertiary/aromatic N) is 2. The first-order chi connectivity index (χ1) is 10.0. The molecular formula is C15H23N3O2S. The highest BCUT2D eigenvalue weighted by Gasteiger charge is 2.55. The molecule has 1 amide bonds. The number of hydrogen-bond acceptors (Lipinski definition) is 5. The number of aromatic nitrogens is 1. The Hall–Kier alpha value is -0.980. The third-order valence-electron chi connectivity index (χ3n) is 4.53. The Morgan fingerprint density at radius 3 is 3.14 bits per heavy atom. The minimum Gasteiger partial charge on any atom is -0.380 e. The van der Waals surface area contributed by atoms with Crippen molar-refractivity contribution in [2.75, 3.05) is 26.3 Å². The minimum atomic E-state index is -0.358. The number of carbonyl (C=O) groups excluding carboxylic acids is 1. The van der Waals surface area contributed by atoms with Crippen LogP contribution in [0.5, 0.6) is 0 Å². The lowest BCUT2D eigenvalue weighted by molar-refractivity contribution is -0.132. The fraction of sp³-hybridized carbons (Fsp3) is 0.733. The van der Waals surface area contributed by atoms with Gasteiger partial charge in [0.05, 0.1) is 29.8 Å². The number of fused-ring (bicyclic) bond motifs is 1. The Morgan fingerprint density at radius 1 is 1.67 bits per heavy atom. The molecule has 0 spiro atoms. The number of rotatable bonds is 4. The molecule has 0 aromatic carbocycles. The van der Waals surface area contributed by atoms with E-state index in [0.29, 0.717) is 19.1 Å². The van der Waals surface area contributed by atoms with E-state index in [2.05, 4.69) is 15.2 Å². The maximum absolute atomic E-state index is 12.6. The monoisotopic (exact) mass is 309 g/mol. The smallest absolute Gasteiger partial charge is 0.230 e. The summed E-state index contributed by atoms with van der Waals surface area (Å²) in [5, 5.41) is 3.08. The molecule has 3 rings (SSSR count). The van der Waals surface area contributed by atoms with Gasteiger partial charge in [0.25, 0.3) is 0 Å². The van der Waals surface area contributed by atoms with Crippen molar-refractivity contribution < 1.29 is 9.53 Å². The Bertz CT molecular complexity index is 531. The summed E-state index contributed by atoms with van der Waals surface area (Å²) < 4.78 is 5.63. The van der Waals surface area contributed by atoms with Gasteiger partial charge in [0, 0.05) is 36.5 Å². The number of nitrogens with one attached hydrogen (secondary N) is 1. The van der Waals surface area contributed by atoms with Crippen LogP contribution >= 0.6 is 11.3 Å². The van der Waals surface area contributed by atoms with Crippen molar-refractivity contribution in [3.05, 3.63) is 16.1 Å². The van der Waals surface area contributed by atoms with Gasteiger partial charge in [-0.15, -0.1) is 11.3 Å². The van der Waals surface area contributed by atoms with Crippen LogP contribution < -0.4 is 5.32 Å². The van der Waals surface area contributed by atoms with E-state index in [1.54, 1.807) is 11.3 Å². The van der Waals surface area contributed by atoms with Crippen LogP contribution in [0.15, 0.2) is 5.51 Å². The molecule has 1 aromatic heterocycles. The Morgan fingerprint density at radius 2 is 2.48 bits per heavy atom. The van der Waals surface area contributed by atoms with Crippen LogP contribution in [0.2, 0.25) is 0 Å². The predicted molar refractivity (Wildman–Crippen MR) is 82.1 cm³/mol. The van der Waals surface area contributed by atoms with Gasteiger partial charge in [-0.25, -0.2) is 4.98 Å². The van der Waals surface area contributed by atoms with Crippen LogP contribution in [0.3, 0.4) is 0 Å². The van der Waals surface area contributed by atoms with E-state index in [9.17, 15) is 4.79 Å². The van der Waals surface area contributed by atoms with Crippen LogP contribution in [-0.4, -0.2) is 48.1 Å². The molecule has 2 atom stereocenters. The van der Waals surface area contributed by atoms with E-state index < -0.39 is 0 Å². The Labute approximate surface area is 129 Å². The second-order valence-corrected chi connectivity index (χ2v) is 7.47. The number of ether oxygens (including phenoxy) is 1. The molecule has 116 valence electrons. The number of amides is 1. The SMILES string of the molecule is Cc1ncsc1CN1C[C@H]2COC[C@@]2(C(=O)NC(C)C)C1. The molecule has 1 N–H and O–H groups in total. The highest BCUT2D eigenvalue weighted by atomic mass is 32.1. The fourth-order valence-corrected chi connectivity index (χ4v) is 4.19. The van der Waals surface area contributed by atoms with E-state index in [4.69, 9.17) is 4.74 Å². The summed E-state index contributed by atoms with van der Waals surface area (Å²) in [6.45, 7) is 9.92. The second kappa shape index (κ2) is 5.66. The van der Waals surface area contributed by atoms with Crippen molar-refractivity contribution in [1.82, 2.24) is 15.2 Å². The average molecular weight is 309 g/mol. The van der Waals surface area contributed by atoms with Crippen LogP contribution in [0, 0.1) is 18.3 Å². The molecule has 5 nitrogen and oxygen atoms in total. The highest BCUT2D eigenvalue weighted by Crippen LogP contribution is 2.42. The molecule has 0 aliphatic carbocycles. The normalized spacial score (nSPS) is 29.0. The summed E-state index contributed by atoms with van der Waals surface area (Å²) in [5.41, 5.74) is 2.64. The molecule has 0 saturated carbocycles. The number of thiazole rings is 1. The van der Waals surface area contributed by atoms with Gasteiger partial charge in [0.2, 0.25) is 5.91 Å². The molecule has 2 aliphatic rings. The van der Waals surface area contributed by atoms with E-state index in [-0.39, 0.29) is 17.4 Å². The van der Waals surface area contributed by atoms with Gasteiger partial charge in [-0.05, 0) is 20.8 Å². The lowest BCUT2D eigenvalue weighted by atomic mass is 9.80. The van der Waals surface area contributed by atoms with Crippen LogP contribution in [0.4, 0.5) is 0 Å². The molecular weight excluding hydrogens is 286 g/mol. The van der Waals surface area contributed by atoms with Crippen molar-refractivity contribution >= 4 is 17.2 Å². The zero-order valence-corrected chi connectivity index (χ0v) is 13.7. The lowest BCUT2D eigenvalue weighted by Gasteiger charge is -2.27. The Balaban J connectivity index is 1.73. The maximum Gasteiger partial charge on any atom is 0.230 e. The van der Waals surface area contributed by atoms with Gasteiger partial charge in [0.15, 0.2) is 0 Å². The topological polar surface area (TPSA) is 54.5 Å². The lowest BCUT2D eigenvalue weighted by Crippen LogP contribution is -2.48. The van der Waals surface area contributed by atoms with Crippen molar-refractivity contribution in [3.8, 4) is 0 Å². The first kappa shape index (κ1) is 14.9. The molecule has 3 heterocycles. The highest BCUT2D eigenvalue weighted by molar-refractivity contribution is 7.09. The van der Waals surface area contributed by atoms with Crippen molar-refractivity contribution in [2.45, 2.75) is 33.4 Å². The standard InChI is InChI=1S/C15H23N3O2S/c1-10(2)17-14(19)15-7-18(4-12(15)6-20-8-15)5-13-11(3)16-9-21-13/h9-10,12H,4-8H2,1-3H3,(H,17,19)/t12-,15-/m0/s1. The van der Waals surface area contributed by atoms with Crippen LogP contribution in [0.25, 0.3) is 0 Å². The molecule has 6 heteroatoms. The van der Waals surface area contributed by atoms with Gasteiger partial charge in [-0.3, -0.25) is 9.69 Å². The van der Waals surface area contributed by atoms with Gasteiger partial charge >= 0.3 is 0 Å². The summed E-state index contributed by atoms with van der Waals surface area (Å²) in [7, 11) is 0. The first-order valence-electron chi connectivity index (χ1n) is 7.51. The number of carbonyl (C=O) groups is 1. The third-order valence-corrected chi connectivity index (χ3v) is 5.45. The zero-order chi connectivity index (χ0) is 15.0. The molecule has 0 unspecified atom stereocenters. The summed E-state index contributed by atoms with van der Waals surface area (Å²) in [6.07, 6.45) is 0. The van der Waals surface area contributed by atoms with Gasteiger partial charge in [0.1, 0.15) is 0 Å². The van der Waals surface area contributed by atoms with Crippen LogP contribution in [-0.2, 0) is 16.1 Å². The van der Waals surface area contributed by atoms with E-state index in [0.717, 1.165) is 25.3 Å². The first-order valence-corrected chi connectivity index (χ1v) is 8.39. The van der Waals surface area contributed by atoms with Gasteiger partial charge in [-0.2, -0.15) is 0 Å². The molecule has 21 heavy (non-hydrogen) atoms. The fourth-order valence-electron chi connectivity index (χ4n) is 3.37. The van der Waals surface area contributed by atoms with Crippen molar-refractivity contribution in [3.63, 3.8) is 0 Å². The Kier molecular flexibility index (Phi) is 4.03. The number of likely N-dealkylation sites (tertiary alicyclic amines) is 1. The minimum absolute atomic E-state index is 0.156. The summed E-state index contributed by atoms with van der Waals surface area (Å²) in [5.74, 6) is 0.466. The molecule has 2 aliphatic heterocycles. The maximum atomic E-state index is 12.6. The van der Waals surface area contributed by atoms with Crippen molar-refractivity contribution in [2.24, 2.45) is 11.3 Å². The summed E-state index contributed by atoms with van der Waals surface area (Å²) >= 11 is 1.70. The zero-order valence-electron chi connectivity index (χ0n) is 12.9. The summed E-state index contributed by atoms with van der Waals surface area (Å²) in [4.78, 5) is 20.6. The van der Waals surface area contributed by atoms with E-state index in [1.807, 2.05) is 26.3 Å². The number of hydrogen-bond donors (Lipinski definition) is 1. The molecule has 2 fully saturated rings. The number of aryl methyl sites for hydroxylation is 1. The average Bonchev–Trinajstić information content (AvgIpc) is 3.04.